The normalized spacial score (nSPS) is 13.6. The summed E-state index contributed by atoms with van der Waals surface area (Å²) in [6.07, 6.45) is -0.00714. The van der Waals surface area contributed by atoms with E-state index < -0.39 is 11.6 Å². The van der Waals surface area contributed by atoms with E-state index >= 15 is 0 Å². The third kappa shape index (κ3) is 4.37. The molecular formula is C14H18O5. The first-order valence-corrected chi connectivity index (χ1v) is 5.95. The topological polar surface area (TPSA) is 83.8 Å². The highest BCUT2D eigenvalue weighted by molar-refractivity contribution is 5.86. The van der Waals surface area contributed by atoms with Gasteiger partial charge in [0, 0.05) is 6.42 Å². The summed E-state index contributed by atoms with van der Waals surface area (Å²) in [5.41, 5.74) is -1.12. The highest BCUT2D eigenvalue weighted by Gasteiger charge is 2.36. The lowest BCUT2D eigenvalue weighted by atomic mass is 9.90. The second-order valence-corrected chi connectivity index (χ2v) is 4.56. The maximum atomic E-state index is 11.1. The van der Waals surface area contributed by atoms with E-state index in [1.54, 1.807) is 31.4 Å². The van der Waals surface area contributed by atoms with E-state index in [0.29, 0.717) is 12.2 Å². The van der Waals surface area contributed by atoms with Crippen molar-refractivity contribution in [2.45, 2.75) is 31.8 Å². The van der Waals surface area contributed by atoms with Crippen molar-refractivity contribution in [3.63, 3.8) is 0 Å². The van der Waals surface area contributed by atoms with Crippen molar-refractivity contribution in [3.05, 3.63) is 29.8 Å². The van der Waals surface area contributed by atoms with E-state index in [0.717, 1.165) is 5.56 Å². The van der Waals surface area contributed by atoms with Crippen LogP contribution in [-0.4, -0.2) is 34.7 Å². The number of carbonyl (C=O) groups excluding carboxylic acids is 1. The zero-order valence-electron chi connectivity index (χ0n) is 11.0. The van der Waals surface area contributed by atoms with E-state index in [1.807, 2.05) is 0 Å². The third-order valence-electron chi connectivity index (χ3n) is 2.93. The molecule has 0 amide bonds. The third-order valence-corrected chi connectivity index (χ3v) is 2.93. The van der Waals surface area contributed by atoms with Gasteiger partial charge in [0.1, 0.15) is 11.5 Å². The van der Waals surface area contributed by atoms with Crippen LogP contribution in [0.5, 0.6) is 5.75 Å². The van der Waals surface area contributed by atoms with Gasteiger partial charge in [-0.15, -0.1) is 0 Å². The Morgan fingerprint density at radius 2 is 1.84 bits per heavy atom. The SMILES string of the molecule is COc1ccc(CCC(O)(CC(C)=O)C(=O)O)cc1. The summed E-state index contributed by atoms with van der Waals surface area (Å²) in [5, 5.41) is 19.0. The van der Waals surface area contributed by atoms with Crippen LogP contribution in [-0.2, 0) is 16.0 Å². The molecule has 1 unspecified atom stereocenters. The maximum Gasteiger partial charge on any atom is 0.336 e. The first-order chi connectivity index (χ1) is 8.87. The Labute approximate surface area is 111 Å². The number of hydrogen-bond donors (Lipinski definition) is 2. The van der Waals surface area contributed by atoms with Crippen molar-refractivity contribution in [3.8, 4) is 5.75 Å². The molecule has 0 saturated carbocycles. The molecule has 0 fully saturated rings. The number of Topliss-reactive ketones (excluding diaryl/α,β-unsaturated/α-hetero) is 1. The molecule has 0 radical (unpaired) electrons. The van der Waals surface area contributed by atoms with Gasteiger partial charge in [-0.1, -0.05) is 12.1 Å². The molecule has 0 aliphatic heterocycles. The minimum absolute atomic E-state index is 0.00571. The Hall–Kier alpha value is -1.88. The van der Waals surface area contributed by atoms with E-state index in [1.165, 1.54) is 6.92 Å². The minimum Gasteiger partial charge on any atom is -0.497 e. The van der Waals surface area contributed by atoms with Gasteiger partial charge in [-0.25, -0.2) is 4.79 Å². The summed E-state index contributed by atoms with van der Waals surface area (Å²) in [5.74, 6) is -1.00. The molecule has 0 saturated heterocycles. The highest BCUT2D eigenvalue weighted by Crippen LogP contribution is 2.21. The van der Waals surface area contributed by atoms with Crippen LogP contribution < -0.4 is 4.74 Å². The average Bonchev–Trinajstić information content (AvgIpc) is 2.36. The van der Waals surface area contributed by atoms with Gasteiger partial charge in [-0.2, -0.15) is 0 Å². The van der Waals surface area contributed by atoms with Gasteiger partial charge in [-0.3, -0.25) is 4.79 Å². The van der Waals surface area contributed by atoms with E-state index in [2.05, 4.69) is 0 Å². The zero-order valence-corrected chi connectivity index (χ0v) is 11.0. The van der Waals surface area contributed by atoms with Gasteiger partial charge in [0.15, 0.2) is 5.60 Å². The molecule has 5 heteroatoms. The van der Waals surface area contributed by atoms with Gasteiger partial charge in [0.05, 0.1) is 7.11 Å². The van der Waals surface area contributed by atoms with Crippen molar-refractivity contribution < 1.29 is 24.5 Å². The maximum absolute atomic E-state index is 11.1. The number of carboxylic acids is 1. The van der Waals surface area contributed by atoms with Gasteiger partial charge < -0.3 is 14.9 Å². The lowest BCUT2D eigenvalue weighted by molar-refractivity contribution is -0.161. The monoisotopic (exact) mass is 266 g/mol. The van der Waals surface area contributed by atoms with Gasteiger partial charge >= 0.3 is 5.97 Å². The van der Waals surface area contributed by atoms with Crippen LogP contribution in [0.25, 0.3) is 0 Å². The molecule has 1 aromatic carbocycles. The predicted molar refractivity (Wildman–Crippen MR) is 69.2 cm³/mol. The van der Waals surface area contributed by atoms with Crippen LogP contribution in [0, 0.1) is 0 Å². The van der Waals surface area contributed by atoms with E-state index in [4.69, 9.17) is 9.84 Å². The molecule has 19 heavy (non-hydrogen) atoms. The number of hydrogen-bond acceptors (Lipinski definition) is 4. The molecule has 0 heterocycles. The molecule has 1 rings (SSSR count). The number of ketones is 1. The molecule has 104 valence electrons. The summed E-state index contributed by atoms with van der Waals surface area (Å²) in [7, 11) is 1.56. The summed E-state index contributed by atoms with van der Waals surface area (Å²) < 4.78 is 5.02. The van der Waals surface area contributed by atoms with Gasteiger partial charge in [0.25, 0.3) is 0 Å². The molecule has 5 nitrogen and oxygen atoms in total. The quantitative estimate of drug-likeness (QED) is 0.779. The number of carbonyl (C=O) groups is 2. The van der Waals surface area contributed by atoms with E-state index in [9.17, 15) is 14.7 Å². The number of methoxy groups -OCH3 is 1. The Balaban J connectivity index is 2.70. The van der Waals surface area contributed by atoms with Crippen LogP contribution in [0.4, 0.5) is 0 Å². The second kappa shape index (κ2) is 6.33. The molecule has 1 aromatic rings. The van der Waals surface area contributed by atoms with Crippen molar-refractivity contribution in [1.82, 2.24) is 0 Å². The van der Waals surface area contributed by atoms with Crippen LogP contribution in [0.15, 0.2) is 24.3 Å². The Bertz CT molecular complexity index is 451. The lowest BCUT2D eigenvalue weighted by Gasteiger charge is -2.22. The number of benzene rings is 1. The Kier molecular flexibility index (Phi) is 5.06. The number of aliphatic hydroxyl groups is 1. The fraction of sp³-hybridized carbons (Fsp3) is 0.429. The summed E-state index contributed by atoms with van der Waals surface area (Å²) in [6, 6.07) is 7.13. The predicted octanol–water partition coefficient (Wildman–Crippen LogP) is 1.42. The fourth-order valence-electron chi connectivity index (χ4n) is 1.83. The number of ether oxygens (including phenoxy) is 1. The van der Waals surface area contributed by atoms with Crippen molar-refractivity contribution in [1.29, 1.82) is 0 Å². The molecule has 0 aliphatic carbocycles. The average molecular weight is 266 g/mol. The fourth-order valence-corrected chi connectivity index (χ4v) is 1.83. The number of rotatable bonds is 7. The van der Waals surface area contributed by atoms with Crippen LogP contribution in [0.2, 0.25) is 0 Å². The zero-order chi connectivity index (χ0) is 14.5. The number of aliphatic carboxylic acids is 1. The molecule has 0 spiro atoms. The second-order valence-electron chi connectivity index (χ2n) is 4.56. The van der Waals surface area contributed by atoms with Crippen LogP contribution >= 0.6 is 0 Å². The number of carboxylic acid groups (broad SMARTS) is 1. The molecular weight excluding hydrogens is 248 g/mol. The first kappa shape index (κ1) is 15.2. The summed E-state index contributed by atoms with van der Waals surface area (Å²) >= 11 is 0. The van der Waals surface area contributed by atoms with Crippen LogP contribution in [0.1, 0.15) is 25.3 Å². The van der Waals surface area contributed by atoms with Gasteiger partial charge in [-0.05, 0) is 37.5 Å². The largest absolute Gasteiger partial charge is 0.497 e. The molecule has 1 atom stereocenters. The van der Waals surface area contributed by atoms with Crippen LogP contribution in [0.3, 0.4) is 0 Å². The summed E-state index contributed by atoms with van der Waals surface area (Å²) in [4.78, 5) is 22.1. The van der Waals surface area contributed by atoms with Crippen molar-refractivity contribution >= 4 is 11.8 Å². The lowest BCUT2D eigenvalue weighted by Crippen LogP contribution is -2.40. The van der Waals surface area contributed by atoms with Crippen molar-refractivity contribution in [2.75, 3.05) is 7.11 Å². The first-order valence-electron chi connectivity index (χ1n) is 5.95. The van der Waals surface area contributed by atoms with E-state index in [-0.39, 0.29) is 18.6 Å². The molecule has 0 aromatic heterocycles. The highest BCUT2D eigenvalue weighted by atomic mass is 16.5. The summed E-state index contributed by atoms with van der Waals surface area (Å²) in [6.45, 7) is 1.27. The number of aryl methyl sites for hydroxylation is 1. The molecule has 0 bridgehead atoms. The minimum atomic E-state index is -1.99. The molecule has 0 aliphatic rings. The Morgan fingerprint density at radius 3 is 2.26 bits per heavy atom. The smallest absolute Gasteiger partial charge is 0.336 e. The van der Waals surface area contributed by atoms with Gasteiger partial charge in [0.2, 0.25) is 0 Å². The Morgan fingerprint density at radius 1 is 1.26 bits per heavy atom. The standard InChI is InChI=1S/C14H18O5/c1-10(15)9-14(18,13(16)17)8-7-11-3-5-12(19-2)6-4-11/h3-6,18H,7-9H2,1-2H3,(H,16,17). The van der Waals surface area contributed by atoms with Crippen molar-refractivity contribution in [2.24, 2.45) is 0 Å². The molecule has 2 N–H and O–H groups in total.